The summed E-state index contributed by atoms with van der Waals surface area (Å²) in [5.41, 5.74) is 0. The molecular weight excluding hydrogens is 166 g/mol. The molecule has 0 bridgehead atoms. The Hall–Kier alpha value is -0.610. The van der Waals surface area contributed by atoms with Crippen LogP contribution in [0.4, 0.5) is 0 Å². The third-order valence-electron chi connectivity index (χ3n) is 2.62. The van der Waals surface area contributed by atoms with Crippen LogP contribution in [0.15, 0.2) is 0 Å². The van der Waals surface area contributed by atoms with Crippen molar-refractivity contribution in [2.24, 2.45) is 5.92 Å². The summed E-state index contributed by atoms with van der Waals surface area (Å²) in [6, 6.07) is -0.0208. The molecule has 0 spiro atoms. The maximum atomic E-state index is 11.5. The first kappa shape index (κ1) is 8.97. The van der Waals surface area contributed by atoms with Crippen molar-refractivity contribution in [1.82, 2.24) is 16.0 Å². The maximum Gasteiger partial charge on any atom is 0.238 e. The lowest BCUT2D eigenvalue weighted by Gasteiger charge is -2.23. The monoisotopic (exact) mass is 183 g/mol. The quantitative estimate of drug-likeness (QED) is 0.530. The maximum absolute atomic E-state index is 11.5. The SMILES string of the molecule is O=C(NCC1CC1)C1CNCCN1. The standard InChI is InChI=1S/C9H17N3O/c13-9(12-5-7-1-2-7)8-6-10-3-4-11-8/h7-8,10-11H,1-6H2,(H,12,13). The minimum atomic E-state index is -0.0208. The summed E-state index contributed by atoms with van der Waals surface area (Å²) >= 11 is 0. The van der Waals surface area contributed by atoms with Gasteiger partial charge in [-0.3, -0.25) is 4.79 Å². The second kappa shape index (κ2) is 4.07. The van der Waals surface area contributed by atoms with Crippen LogP contribution in [0, 0.1) is 5.92 Å². The average Bonchev–Trinajstić information content (AvgIpc) is 2.99. The van der Waals surface area contributed by atoms with E-state index in [9.17, 15) is 4.79 Å². The number of carbonyl (C=O) groups excluding carboxylic acids is 1. The number of rotatable bonds is 3. The summed E-state index contributed by atoms with van der Waals surface area (Å²) in [6.07, 6.45) is 2.58. The third kappa shape index (κ3) is 2.67. The molecule has 0 aromatic heterocycles. The van der Waals surface area contributed by atoms with Gasteiger partial charge in [0.15, 0.2) is 0 Å². The summed E-state index contributed by atoms with van der Waals surface area (Å²) in [4.78, 5) is 11.5. The zero-order valence-corrected chi connectivity index (χ0v) is 7.81. The summed E-state index contributed by atoms with van der Waals surface area (Å²) < 4.78 is 0. The van der Waals surface area contributed by atoms with Crippen LogP contribution in [0.5, 0.6) is 0 Å². The first-order valence-electron chi connectivity index (χ1n) is 5.08. The van der Waals surface area contributed by atoms with Crippen LogP contribution in [0.1, 0.15) is 12.8 Å². The van der Waals surface area contributed by atoms with Crippen molar-refractivity contribution in [1.29, 1.82) is 0 Å². The topological polar surface area (TPSA) is 53.2 Å². The van der Waals surface area contributed by atoms with E-state index in [0.717, 1.165) is 32.1 Å². The highest BCUT2D eigenvalue weighted by Gasteiger charge is 2.24. The van der Waals surface area contributed by atoms with E-state index in [4.69, 9.17) is 0 Å². The second-order valence-electron chi connectivity index (χ2n) is 3.90. The van der Waals surface area contributed by atoms with Crippen molar-refractivity contribution in [2.75, 3.05) is 26.2 Å². The highest BCUT2D eigenvalue weighted by Crippen LogP contribution is 2.27. The van der Waals surface area contributed by atoms with Gasteiger partial charge in [-0.1, -0.05) is 0 Å². The molecular formula is C9H17N3O. The molecule has 1 atom stereocenters. The van der Waals surface area contributed by atoms with Crippen LogP contribution in [-0.2, 0) is 4.79 Å². The summed E-state index contributed by atoms with van der Waals surface area (Å²) in [5, 5.41) is 9.36. The molecule has 3 N–H and O–H groups in total. The number of amides is 1. The van der Waals surface area contributed by atoms with Gasteiger partial charge in [0.2, 0.25) is 5.91 Å². The van der Waals surface area contributed by atoms with Crippen LogP contribution < -0.4 is 16.0 Å². The Morgan fingerprint density at radius 1 is 1.38 bits per heavy atom. The van der Waals surface area contributed by atoms with E-state index in [1.165, 1.54) is 12.8 Å². The van der Waals surface area contributed by atoms with Crippen LogP contribution in [0.3, 0.4) is 0 Å². The van der Waals surface area contributed by atoms with Gasteiger partial charge < -0.3 is 16.0 Å². The number of hydrogen-bond acceptors (Lipinski definition) is 3. The Morgan fingerprint density at radius 2 is 2.23 bits per heavy atom. The molecule has 0 aromatic carbocycles. The lowest BCUT2D eigenvalue weighted by molar-refractivity contribution is -0.123. The summed E-state index contributed by atoms with van der Waals surface area (Å²) in [5.74, 6) is 0.916. The van der Waals surface area contributed by atoms with E-state index in [-0.39, 0.29) is 11.9 Å². The van der Waals surface area contributed by atoms with Gasteiger partial charge in [0, 0.05) is 26.2 Å². The molecule has 4 nitrogen and oxygen atoms in total. The van der Waals surface area contributed by atoms with Gasteiger partial charge in [0.05, 0.1) is 6.04 Å². The van der Waals surface area contributed by atoms with Gasteiger partial charge in [-0.15, -0.1) is 0 Å². The molecule has 2 fully saturated rings. The van der Waals surface area contributed by atoms with Crippen molar-refractivity contribution in [3.63, 3.8) is 0 Å². The van der Waals surface area contributed by atoms with E-state index >= 15 is 0 Å². The van der Waals surface area contributed by atoms with E-state index in [1.54, 1.807) is 0 Å². The zero-order valence-electron chi connectivity index (χ0n) is 7.81. The normalized spacial score (nSPS) is 28.5. The van der Waals surface area contributed by atoms with Gasteiger partial charge in [-0.05, 0) is 18.8 Å². The highest BCUT2D eigenvalue weighted by molar-refractivity contribution is 5.82. The smallest absolute Gasteiger partial charge is 0.238 e. The van der Waals surface area contributed by atoms with Crippen LogP contribution in [-0.4, -0.2) is 38.1 Å². The molecule has 13 heavy (non-hydrogen) atoms. The lowest BCUT2D eigenvalue weighted by atomic mass is 10.2. The van der Waals surface area contributed by atoms with Gasteiger partial charge in [-0.25, -0.2) is 0 Å². The van der Waals surface area contributed by atoms with Gasteiger partial charge in [0.25, 0.3) is 0 Å². The Balaban J connectivity index is 1.67. The number of carbonyl (C=O) groups is 1. The molecule has 1 aliphatic heterocycles. The number of piperazine rings is 1. The molecule has 2 aliphatic rings. The minimum Gasteiger partial charge on any atom is -0.354 e. The molecule has 1 aliphatic carbocycles. The van der Waals surface area contributed by atoms with Crippen LogP contribution >= 0.6 is 0 Å². The lowest BCUT2D eigenvalue weighted by Crippen LogP contribution is -2.55. The first-order chi connectivity index (χ1) is 6.36. The van der Waals surface area contributed by atoms with Crippen LogP contribution in [0.25, 0.3) is 0 Å². The Morgan fingerprint density at radius 3 is 2.85 bits per heavy atom. The highest BCUT2D eigenvalue weighted by atomic mass is 16.2. The number of hydrogen-bond donors (Lipinski definition) is 3. The van der Waals surface area contributed by atoms with Crippen LogP contribution in [0.2, 0.25) is 0 Å². The molecule has 2 rings (SSSR count). The summed E-state index contributed by atoms with van der Waals surface area (Å²) in [6.45, 7) is 3.49. The molecule has 1 heterocycles. The van der Waals surface area contributed by atoms with Crippen molar-refractivity contribution < 1.29 is 4.79 Å². The number of nitrogens with one attached hydrogen (secondary N) is 3. The van der Waals surface area contributed by atoms with Gasteiger partial charge in [-0.2, -0.15) is 0 Å². The average molecular weight is 183 g/mol. The van der Waals surface area contributed by atoms with E-state index in [0.29, 0.717) is 0 Å². The molecule has 0 aromatic rings. The second-order valence-corrected chi connectivity index (χ2v) is 3.90. The fraction of sp³-hybridized carbons (Fsp3) is 0.889. The molecule has 1 unspecified atom stereocenters. The van der Waals surface area contributed by atoms with Crippen molar-refractivity contribution in [3.05, 3.63) is 0 Å². The van der Waals surface area contributed by atoms with Crippen molar-refractivity contribution >= 4 is 5.91 Å². The molecule has 1 saturated heterocycles. The fourth-order valence-corrected chi connectivity index (χ4v) is 1.53. The van der Waals surface area contributed by atoms with Crippen molar-refractivity contribution in [3.8, 4) is 0 Å². The molecule has 0 radical (unpaired) electrons. The molecule has 4 heteroatoms. The predicted octanol–water partition coefficient (Wildman–Crippen LogP) is -0.926. The largest absolute Gasteiger partial charge is 0.354 e. The van der Waals surface area contributed by atoms with E-state index in [2.05, 4.69) is 16.0 Å². The minimum absolute atomic E-state index is 0.0208. The first-order valence-corrected chi connectivity index (χ1v) is 5.08. The van der Waals surface area contributed by atoms with Gasteiger partial charge in [0.1, 0.15) is 0 Å². The molecule has 1 amide bonds. The molecule has 74 valence electrons. The molecule has 1 saturated carbocycles. The fourth-order valence-electron chi connectivity index (χ4n) is 1.53. The van der Waals surface area contributed by atoms with E-state index < -0.39 is 0 Å². The zero-order chi connectivity index (χ0) is 9.10. The van der Waals surface area contributed by atoms with Crippen molar-refractivity contribution in [2.45, 2.75) is 18.9 Å². The Labute approximate surface area is 78.5 Å². The Bertz CT molecular complexity index is 185. The van der Waals surface area contributed by atoms with E-state index in [1.807, 2.05) is 0 Å². The van der Waals surface area contributed by atoms with Gasteiger partial charge >= 0.3 is 0 Å². The summed E-state index contributed by atoms with van der Waals surface area (Å²) in [7, 11) is 0. The predicted molar refractivity (Wildman–Crippen MR) is 50.4 cm³/mol. The Kier molecular flexibility index (Phi) is 2.80. The third-order valence-corrected chi connectivity index (χ3v) is 2.62.